The highest BCUT2D eigenvalue weighted by molar-refractivity contribution is 7.81. The Balaban J connectivity index is 1.84. The number of rotatable bonds is 9. The summed E-state index contributed by atoms with van der Waals surface area (Å²) in [7, 11) is -5.30. The molecule has 0 radical (unpaired) electrons. The molecule has 4 heteroatoms. The maximum absolute atomic E-state index is 2.53. The number of aryl methyl sites for hydroxylation is 2. The Morgan fingerprint density at radius 1 is 0.333 bits per heavy atom. The molecule has 0 aliphatic carbocycles. The minimum Gasteiger partial charge on any atom is -0.0656 e. The van der Waals surface area contributed by atoms with Crippen LogP contribution in [-0.2, 0) is 0 Å². The van der Waals surface area contributed by atoms with Crippen LogP contribution in [0, 0.1) is 13.8 Å². The van der Waals surface area contributed by atoms with Crippen LogP contribution in [0.4, 0.5) is 0 Å². The summed E-state index contributed by atoms with van der Waals surface area (Å²) in [4.78, 5) is 0. The highest BCUT2D eigenvalue weighted by atomic mass is 31.1. The molecule has 0 N–H and O–H groups in total. The molecule has 0 unspecified atom stereocenters. The largest absolute Gasteiger partial charge is 0.0784 e. The monoisotopic (exact) mass is 694 g/mol. The predicted octanol–water partition coefficient (Wildman–Crippen LogP) is 8.58. The zero-order chi connectivity index (χ0) is 34.1. The molecule has 242 valence electrons. The van der Waals surface area contributed by atoms with Gasteiger partial charge in [-0.15, -0.1) is 0 Å². The van der Waals surface area contributed by atoms with Gasteiger partial charge in [0.2, 0.25) is 0 Å². The topological polar surface area (TPSA) is 0 Å². The van der Waals surface area contributed by atoms with Crippen LogP contribution in [0.15, 0.2) is 146 Å². The molecule has 0 aromatic heterocycles. The summed E-state index contributed by atoms with van der Waals surface area (Å²) in [6.45, 7) is 19.9. The van der Waals surface area contributed by atoms with Gasteiger partial charge in [-0.3, -0.25) is 0 Å². The molecule has 48 heavy (non-hydrogen) atoms. The number of benzene rings is 6. The summed E-state index contributed by atoms with van der Waals surface area (Å²) in [5, 5.41) is 11.9. The van der Waals surface area contributed by atoms with Gasteiger partial charge in [-0.05, 0) is 83.8 Å². The van der Waals surface area contributed by atoms with Crippen molar-refractivity contribution in [2.75, 3.05) is 0 Å². The Bertz CT molecular complexity index is 1910. The van der Waals surface area contributed by atoms with Crippen molar-refractivity contribution in [3.05, 3.63) is 157 Å². The molecule has 0 saturated heterocycles. The summed E-state index contributed by atoms with van der Waals surface area (Å²) in [5.74, 6) is 0. The van der Waals surface area contributed by atoms with Crippen LogP contribution in [0.25, 0.3) is 11.1 Å². The first-order valence-electron chi connectivity index (χ1n) is 17.1. The average Bonchev–Trinajstić information content (AvgIpc) is 3.07. The van der Waals surface area contributed by atoms with Gasteiger partial charge in [-0.2, -0.15) is 0 Å². The van der Waals surface area contributed by atoms with Crippen molar-refractivity contribution in [2.45, 2.75) is 53.1 Å². The molecule has 6 aromatic carbocycles. The lowest BCUT2D eigenvalue weighted by Crippen LogP contribution is -2.50. The third-order valence-corrected chi connectivity index (χ3v) is 18.6. The van der Waals surface area contributed by atoms with Gasteiger partial charge in [0.15, 0.2) is 0 Å². The van der Waals surface area contributed by atoms with E-state index in [2.05, 4.69) is 199 Å². The van der Waals surface area contributed by atoms with Crippen LogP contribution >= 0.6 is 15.8 Å². The van der Waals surface area contributed by atoms with Gasteiger partial charge in [0, 0.05) is 0 Å². The van der Waals surface area contributed by atoms with E-state index in [9.17, 15) is 0 Å². The third-order valence-electron chi connectivity index (χ3n) is 9.14. The van der Waals surface area contributed by atoms with Crippen molar-refractivity contribution in [2.24, 2.45) is 0 Å². The summed E-state index contributed by atoms with van der Waals surface area (Å²) >= 11 is 0. The minimum absolute atomic E-state index is 0.824. The van der Waals surface area contributed by atoms with E-state index in [1.54, 1.807) is 15.7 Å². The van der Waals surface area contributed by atoms with Gasteiger partial charge in [0.25, 0.3) is 0 Å². The molecular formula is C44H48P2Si2. The first-order valence-corrected chi connectivity index (χ1v) is 26.7. The van der Waals surface area contributed by atoms with Crippen LogP contribution < -0.4 is 42.2 Å². The van der Waals surface area contributed by atoms with E-state index in [0.29, 0.717) is 0 Å². The lowest BCUT2D eigenvalue weighted by Gasteiger charge is -2.35. The fourth-order valence-electron chi connectivity index (χ4n) is 6.83. The lowest BCUT2D eigenvalue weighted by molar-refractivity contribution is 1.47. The highest BCUT2D eigenvalue weighted by Crippen LogP contribution is 2.43. The van der Waals surface area contributed by atoms with E-state index < -0.39 is 32.0 Å². The van der Waals surface area contributed by atoms with E-state index >= 15 is 0 Å². The predicted molar refractivity (Wildman–Crippen MR) is 225 cm³/mol. The summed E-state index contributed by atoms with van der Waals surface area (Å²) in [6, 6.07) is 55.2. The second kappa shape index (κ2) is 14.2. The van der Waals surface area contributed by atoms with Crippen molar-refractivity contribution in [1.82, 2.24) is 0 Å². The van der Waals surface area contributed by atoms with Crippen molar-refractivity contribution in [3.63, 3.8) is 0 Å². The summed E-state index contributed by atoms with van der Waals surface area (Å²) in [6.07, 6.45) is 0. The molecule has 0 amide bonds. The second-order valence-electron chi connectivity index (χ2n) is 14.8. The fourth-order valence-corrected chi connectivity index (χ4v) is 16.5. The molecule has 0 nitrogen and oxygen atoms in total. The van der Waals surface area contributed by atoms with Crippen molar-refractivity contribution in [3.8, 4) is 11.1 Å². The second-order valence-corrected chi connectivity index (χ2v) is 29.2. The summed E-state index contributed by atoms with van der Waals surface area (Å²) in [5.41, 5.74) is 5.77. The van der Waals surface area contributed by atoms with Gasteiger partial charge < -0.3 is 0 Å². The first kappa shape index (κ1) is 34.5. The van der Waals surface area contributed by atoms with E-state index in [0.717, 1.165) is 0 Å². The van der Waals surface area contributed by atoms with Gasteiger partial charge in [0.1, 0.15) is 0 Å². The first-order chi connectivity index (χ1) is 23.0. The summed E-state index contributed by atoms with van der Waals surface area (Å²) < 4.78 is 0. The van der Waals surface area contributed by atoms with Crippen LogP contribution in [0.2, 0.25) is 39.3 Å². The molecule has 0 aliphatic heterocycles. The van der Waals surface area contributed by atoms with Crippen molar-refractivity contribution >= 4 is 74.2 Å². The molecule has 6 aromatic rings. The normalized spacial score (nSPS) is 12.1. The Kier molecular flexibility index (Phi) is 10.2. The van der Waals surface area contributed by atoms with Crippen LogP contribution in [0.5, 0.6) is 0 Å². The zero-order valence-corrected chi connectivity index (χ0v) is 33.5. The molecule has 6 rings (SSSR count). The maximum Gasteiger partial charge on any atom is 0.0784 e. The van der Waals surface area contributed by atoms with E-state index in [-0.39, 0.29) is 0 Å². The van der Waals surface area contributed by atoms with Gasteiger partial charge in [-0.1, -0.05) is 195 Å². The van der Waals surface area contributed by atoms with E-state index in [1.165, 1.54) is 48.8 Å². The van der Waals surface area contributed by atoms with Gasteiger partial charge in [0.05, 0.1) is 16.1 Å². The van der Waals surface area contributed by atoms with Crippen LogP contribution in [-0.4, -0.2) is 16.1 Å². The van der Waals surface area contributed by atoms with Crippen molar-refractivity contribution < 1.29 is 0 Å². The third kappa shape index (κ3) is 7.01. The maximum atomic E-state index is 2.53. The quantitative estimate of drug-likeness (QED) is 0.105. The Morgan fingerprint density at radius 3 is 1.04 bits per heavy atom. The number of hydrogen-bond acceptors (Lipinski definition) is 0. The lowest BCUT2D eigenvalue weighted by atomic mass is 9.98. The Morgan fingerprint density at radius 2 is 0.667 bits per heavy atom. The van der Waals surface area contributed by atoms with E-state index in [1.807, 2.05) is 0 Å². The Hall–Kier alpha value is -3.39. The minimum atomic E-state index is -1.84. The average molecular weight is 695 g/mol. The molecule has 0 bridgehead atoms. The molecular weight excluding hydrogens is 647 g/mol. The molecule has 0 atom stereocenters. The molecule has 0 heterocycles. The molecule has 0 fully saturated rings. The molecule has 0 saturated carbocycles. The van der Waals surface area contributed by atoms with Gasteiger partial charge in [-0.25, -0.2) is 0 Å². The van der Waals surface area contributed by atoms with Crippen LogP contribution in [0.1, 0.15) is 11.1 Å². The van der Waals surface area contributed by atoms with Crippen molar-refractivity contribution in [1.29, 1.82) is 0 Å². The smallest absolute Gasteiger partial charge is 0.0656 e. The SMILES string of the molecule is Cc1ccc([Si](C)(C)C)c(P(c2ccccc2)c2ccccc2)c1-c1c([Si](C)(C)C)ccc(C)c1P(c1ccccc1)c1ccccc1. The molecule has 0 spiro atoms. The van der Waals surface area contributed by atoms with Crippen LogP contribution in [0.3, 0.4) is 0 Å². The number of hydrogen-bond donors (Lipinski definition) is 0. The van der Waals surface area contributed by atoms with E-state index in [4.69, 9.17) is 0 Å². The Labute approximate surface area is 293 Å². The van der Waals surface area contributed by atoms with Gasteiger partial charge >= 0.3 is 0 Å². The standard InChI is InChI=1S/C44H48P2Si2/c1-33-29-32-40(48(6,7)8)44(46(37-25-17-11-18-26-37)38-27-19-12-20-28-38)41(33)42-39(47(3,4)5)31-30-34(2)43(42)45(35-21-13-9-14-22-35)36-23-15-10-16-24-36/h9-32H,1-8H3. The fraction of sp³-hybridized carbons (Fsp3) is 0.182. The molecule has 0 aliphatic rings. The zero-order valence-electron chi connectivity index (χ0n) is 29.8. The highest BCUT2D eigenvalue weighted by Gasteiger charge is 2.35.